The highest BCUT2D eigenvalue weighted by Crippen LogP contribution is 2.30. The van der Waals surface area contributed by atoms with Gasteiger partial charge >= 0.3 is 6.18 Å². The van der Waals surface area contributed by atoms with Crippen LogP contribution in [-0.2, 0) is 26.3 Å². The van der Waals surface area contributed by atoms with E-state index in [-0.39, 0.29) is 12.1 Å². The van der Waals surface area contributed by atoms with E-state index in [1.165, 1.54) is 13.2 Å². The topological polar surface area (TPSA) is 54.7 Å². The zero-order valence-electron chi connectivity index (χ0n) is 15.1. The predicted molar refractivity (Wildman–Crippen MR) is 92.9 cm³/mol. The average molecular weight is 369 g/mol. The van der Waals surface area contributed by atoms with Crippen molar-refractivity contribution in [1.29, 1.82) is 0 Å². The number of para-hydroxylation sites is 1. The molecule has 0 bridgehead atoms. The molecule has 0 atom stereocenters. The van der Waals surface area contributed by atoms with Gasteiger partial charge in [-0.2, -0.15) is 18.3 Å². The van der Waals surface area contributed by atoms with Crippen LogP contribution in [-0.4, -0.2) is 41.8 Å². The molecular formula is C17H22F3N5O. The number of aromatic nitrogens is 2. The van der Waals surface area contributed by atoms with Crippen LogP contribution in [0.25, 0.3) is 0 Å². The lowest BCUT2D eigenvalue weighted by molar-refractivity contribution is -0.142. The maximum absolute atomic E-state index is 13.0. The number of alkyl halides is 3. The first-order valence-corrected chi connectivity index (χ1v) is 7.89. The minimum atomic E-state index is -4.49. The van der Waals surface area contributed by atoms with Crippen molar-refractivity contribution in [2.24, 2.45) is 12.0 Å². The Balaban J connectivity index is 2.08. The maximum atomic E-state index is 13.0. The summed E-state index contributed by atoms with van der Waals surface area (Å²) in [6.07, 6.45) is -3.14. The zero-order chi connectivity index (χ0) is 19.3. The van der Waals surface area contributed by atoms with Crippen LogP contribution < -0.4 is 10.1 Å². The Labute approximate surface area is 150 Å². The van der Waals surface area contributed by atoms with Gasteiger partial charge in [-0.25, -0.2) is 0 Å². The van der Waals surface area contributed by atoms with Crippen LogP contribution in [0.4, 0.5) is 13.2 Å². The number of aryl methyl sites for hydroxylation is 1. The molecule has 1 aromatic carbocycles. The average Bonchev–Trinajstić information content (AvgIpc) is 2.97. The number of guanidine groups is 1. The van der Waals surface area contributed by atoms with E-state index in [0.29, 0.717) is 12.5 Å². The van der Waals surface area contributed by atoms with Crippen molar-refractivity contribution in [3.8, 4) is 5.75 Å². The highest BCUT2D eigenvalue weighted by atomic mass is 19.4. The van der Waals surface area contributed by atoms with Crippen molar-refractivity contribution in [2.45, 2.75) is 19.3 Å². The van der Waals surface area contributed by atoms with Gasteiger partial charge in [0.05, 0.1) is 7.11 Å². The quantitative estimate of drug-likeness (QED) is 0.650. The van der Waals surface area contributed by atoms with Gasteiger partial charge in [-0.05, 0) is 6.07 Å². The van der Waals surface area contributed by atoms with Gasteiger partial charge in [0.15, 0.2) is 11.7 Å². The molecule has 0 amide bonds. The van der Waals surface area contributed by atoms with E-state index in [2.05, 4.69) is 15.4 Å². The highest BCUT2D eigenvalue weighted by molar-refractivity contribution is 5.79. The summed E-state index contributed by atoms with van der Waals surface area (Å²) in [6.45, 7) is 0.453. The molecule has 0 aliphatic rings. The second kappa shape index (κ2) is 8.11. The van der Waals surface area contributed by atoms with E-state index in [1.54, 1.807) is 21.2 Å². The second-order valence-corrected chi connectivity index (χ2v) is 5.74. The van der Waals surface area contributed by atoms with E-state index < -0.39 is 11.9 Å². The molecule has 2 aromatic rings. The fourth-order valence-corrected chi connectivity index (χ4v) is 2.63. The fraction of sp³-hybridized carbons (Fsp3) is 0.412. The molecule has 142 valence electrons. The predicted octanol–water partition coefficient (Wildman–Crippen LogP) is 2.65. The van der Waals surface area contributed by atoms with Crippen molar-refractivity contribution in [3.63, 3.8) is 0 Å². The smallest absolute Gasteiger partial charge is 0.435 e. The number of hydrogen-bond acceptors (Lipinski definition) is 3. The van der Waals surface area contributed by atoms with Crippen LogP contribution in [0, 0.1) is 0 Å². The van der Waals surface area contributed by atoms with Gasteiger partial charge in [-0.1, -0.05) is 18.2 Å². The van der Waals surface area contributed by atoms with Crippen molar-refractivity contribution in [1.82, 2.24) is 20.0 Å². The van der Waals surface area contributed by atoms with Crippen LogP contribution in [0.2, 0.25) is 0 Å². The van der Waals surface area contributed by atoms with E-state index in [1.807, 2.05) is 29.2 Å². The molecule has 1 aromatic heterocycles. The Morgan fingerprint density at radius 1 is 1.31 bits per heavy atom. The van der Waals surface area contributed by atoms with Gasteiger partial charge in [0.2, 0.25) is 0 Å². The Bertz CT molecular complexity index is 770. The van der Waals surface area contributed by atoms with Crippen molar-refractivity contribution in [2.75, 3.05) is 21.2 Å². The summed E-state index contributed by atoms with van der Waals surface area (Å²) in [7, 11) is 6.43. The van der Waals surface area contributed by atoms with Gasteiger partial charge in [-0.15, -0.1) is 0 Å². The lowest BCUT2D eigenvalue weighted by atomic mass is 10.2. The maximum Gasteiger partial charge on any atom is 0.435 e. The molecule has 2 rings (SSSR count). The number of halogens is 3. The second-order valence-electron chi connectivity index (χ2n) is 5.74. The molecule has 0 aliphatic carbocycles. The third-order valence-electron chi connectivity index (χ3n) is 3.78. The SMILES string of the molecule is CN=C(NCc1cn(C)nc1C(F)(F)F)N(C)Cc1ccccc1OC. The molecule has 0 saturated heterocycles. The van der Waals surface area contributed by atoms with Crippen LogP contribution in [0.3, 0.4) is 0 Å². The third-order valence-corrected chi connectivity index (χ3v) is 3.78. The van der Waals surface area contributed by atoms with Crippen molar-refractivity contribution in [3.05, 3.63) is 47.3 Å². The monoisotopic (exact) mass is 369 g/mol. The Morgan fingerprint density at radius 2 is 2.00 bits per heavy atom. The minimum absolute atomic E-state index is 0.0361. The van der Waals surface area contributed by atoms with Crippen LogP contribution in [0.5, 0.6) is 5.75 Å². The number of methoxy groups -OCH3 is 1. The summed E-state index contributed by atoms with van der Waals surface area (Å²) in [5.74, 6) is 1.20. The van der Waals surface area contributed by atoms with Crippen LogP contribution >= 0.6 is 0 Å². The van der Waals surface area contributed by atoms with Crippen LogP contribution in [0.15, 0.2) is 35.5 Å². The Kier molecular flexibility index (Phi) is 6.12. The first kappa shape index (κ1) is 19.6. The van der Waals surface area contributed by atoms with E-state index in [4.69, 9.17) is 4.74 Å². The van der Waals surface area contributed by atoms with E-state index in [9.17, 15) is 13.2 Å². The molecule has 0 radical (unpaired) electrons. The molecular weight excluding hydrogens is 347 g/mol. The molecule has 1 heterocycles. The molecule has 6 nitrogen and oxygen atoms in total. The summed E-state index contributed by atoms with van der Waals surface area (Å²) < 4.78 is 45.6. The van der Waals surface area contributed by atoms with Gasteiger partial charge in [0, 0.05) is 51.6 Å². The van der Waals surface area contributed by atoms with Gasteiger partial charge in [0.1, 0.15) is 5.75 Å². The molecule has 0 spiro atoms. The number of nitrogens with zero attached hydrogens (tertiary/aromatic N) is 4. The standard InChI is InChI=1S/C17H22F3N5O/c1-21-16(24(2)10-12-7-5-6-8-14(12)26-4)22-9-13-11-25(3)23-15(13)17(18,19)20/h5-8,11H,9-10H2,1-4H3,(H,21,22). The lowest BCUT2D eigenvalue weighted by Gasteiger charge is -2.23. The molecule has 0 fully saturated rings. The molecule has 0 unspecified atom stereocenters. The summed E-state index contributed by atoms with van der Waals surface area (Å²) in [4.78, 5) is 5.94. The lowest BCUT2D eigenvalue weighted by Crippen LogP contribution is -2.38. The van der Waals surface area contributed by atoms with Crippen LogP contribution in [0.1, 0.15) is 16.8 Å². The van der Waals surface area contributed by atoms with E-state index in [0.717, 1.165) is 16.0 Å². The molecule has 1 N–H and O–H groups in total. The minimum Gasteiger partial charge on any atom is -0.496 e. The highest BCUT2D eigenvalue weighted by Gasteiger charge is 2.36. The molecule has 0 saturated carbocycles. The first-order chi connectivity index (χ1) is 12.3. The number of benzene rings is 1. The normalized spacial score (nSPS) is 12.2. The zero-order valence-corrected chi connectivity index (χ0v) is 15.1. The molecule has 0 aliphatic heterocycles. The molecule has 9 heteroatoms. The fourth-order valence-electron chi connectivity index (χ4n) is 2.63. The summed E-state index contributed by atoms with van der Waals surface area (Å²) in [5, 5.41) is 6.45. The number of ether oxygens (including phenoxy) is 1. The van der Waals surface area contributed by atoms with Crippen molar-refractivity contribution >= 4 is 5.96 Å². The number of hydrogen-bond donors (Lipinski definition) is 1. The summed E-state index contributed by atoms with van der Waals surface area (Å²) in [5.41, 5.74) is 0.111. The first-order valence-electron chi connectivity index (χ1n) is 7.89. The van der Waals surface area contributed by atoms with Gasteiger partial charge in [-0.3, -0.25) is 9.67 Å². The van der Waals surface area contributed by atoms with Gasteiger partial charge in [0.25, 0.3) is 0 Å². The Morgan fingerprint density at radius 3 is 2.62 bits per heavy atom. The molecule has 26 heavy (non-hydrogen) atoms. The number of rotatable bonds is 5. The van der Waals surface area contributed by atoms with Gasteiger partial charge < -0.3 is 15.0 Å². The van der Waals surface area contributed by atoms with Crippen molar-refractivity contribution < 1.29 is 17.9 Å². The third kappa shape index (κ3) is 4.68. The summed E-state index contributed by atoms with van der Waals surface area (Å²) in [6, 6.07) is 7.54. The Hall–Kier alpha value is -2.71. The van der Waals surface area contributed by atoms with E-state index >= 15 is 0 Å². The number of aliphatic imine (C=N–C) groups is 1. The number of nitrogens with one attached hydrogen (secondary N) is 1. The largest absolute Gasteiger partial charge is 0.496 e. The summed E-state index contributed by atoms with van der Waals surface area (Å²) >= 11 is 0.